The van der Waals surface area contributed by atoms with Crippen LogP contribution in [0, 0.1) is 5.92 Å². The molecule has 3 aromatic rings. The Kier molecular flexibility index (Phi) is 8.34. The number of H-pyrrole nitrogens is 1. The first-order chi connectivity index (χ1) is 17.8. The number of carbonyl (C=O) groups excluding carboxylic acids is 1. The second kappa shape index (κ2) is 11.6. The number of methoxy groups -OCH3 is 2. The van der Waals surface area contributed by atoms with Crippen LogP contribution in [0.1, 0.15) is 49.4 Å². The molecule has 1 amide bonds. The maximum atomic E-state index is 12.8. The number of hydrogen-bond donors (Lipinski definition) is 3. The summed E-state index contributed by atoms with van der Waals surface area (Å²) in [4.78, 5) is 32.3. The molecule has 1 fully saturated rings. The monoisotopic (exact) mass is 514 g/mol. The minimum atomic E-state index is -0.513. The van der Waals surface area contributed by atoms with E-state index in [1.54, 1.807) is 27.3 Å². The second-order valence-corrected chi connectivity index (χ2v) is 9.35. The molecular formula is C24H34N8O5. The number of aliphatic hydroxyl groups excluding tert-OH is 1. The van der Waals surface area contributed by atoms with Crippen LogP contribution in [0.25, 0.3) is 11.0 Å². The van der Waals surface area contributed by atoms with Crippen molar-refractivity contribution in [3.8, 4) is 11.8 Å². The van der Waals surface area contributed by atoms with Gasteiger partial charge in [0.2, 0.25) is 11.8 Å². The fourth-order valence-corrected chi connectivity index (χ4v) is 4.56. The standard InChI is InChI=1S/C24H34N8O5/c1-13-10-32(9-7-16(13)19-18-17(36-5)6-8-25-20(18)31-30-19)23-27-21(22(34)26-14(2)11-33)28-24(29-23)37-15(3)12-35-4/h6,8,13-16,33H,7,9-12H2,1-5H3,(H,26,34)(H,25,30,31)/t13-,14+,15+,16-/m0/s1. The Balaban J connectivity index is 1.59. The summed E-state index contributed by atoms with van der Waals surface area (Å²) in [5.74, 6) is 0.890. The zero-order valence-corrected chi connectivity index (χ0v) is 21.8. The van der Waals surface area contributed by atoms with Crippen LogP contribution in [-0.2, 0) is 4.74 Å². The molecule has 0 spiro atoms. The molecule has 4 atom stereocenters. The largest absolute Gasteiger partial charge is 0.496 e. The summed E-state index contributed by atoms with van der Waals surface area (Å²) in [5, 5.41) is 20.4. The van der Waals surface area contributed by atoms with E-state index in [1.165, 1.54) is 0 Å². The molecule has 0 radical (unpaired) electrons. The Labute approximate surface area is 215 Å². The molecule has 1 saturated heterocycles. The Morgan fingerprint density at radius 1 is 1.30 bits per heavy atom. The molecule has 1 aliphatic rings. The lowest BCUT2D eigenvalue weighted by atomic mass is 9.83. The van der Waals surface area contributed by atoms with Gasteiger partial charge in [0.1, 0.15) is 11.9 Å². The van der Waals surface area contributed by atoms with Crippen LogP contribution in [0.15, 0.2) is 12.3 Å². The van der Waals surface area contributed by atoms with Gasteiger partial charge in [0, 0.05) is 38.4 Å². The topological polar surface area (TPSA) is 160 Å². The van der Waals surface area contributed by atoms with Crippen LogP contribution in [0.4, 0.5) is 5.95 Å². The molecule has 0 bridgehead atoms. The number of rotatable bonds is 10. The van der Waals surface area contributed by atoms with Crippen molar-refractivity contribution < 1.29 is 24.1 Å². The lowest BCUT2D eigenvalue weighted by Crippen LogP contribution is -2.41. The summed E-state index contributed by atoms with van der Waals surface area (Å²) in [7, 11) is 3.22. The SMILES string of the molecule is COC[C@@H](C)Oc1nc(C(=O)N[C@H](C)CO)nc(N2CC[C@H](c3[nH]nc4nccc(OC)c34)[C@@H](C)C2)n1. The molecule has 4 rings (SSSR count). The Bertz CT molecular complexity index is 1220. The fourth-order valence-electron chi connectivity index (χ4n) is 4.56. The van der Waals surface area contributed by atoms with Crippen LogP contribution in [0.3, 0.4) is 0 Å². The van der Waals surface area contributed by atoms with Gasteiger partial charge in [-0.2, -0.15) is 20.1 Å². The number of nitrogens with one attached hydrogen (secondary N) is 2. The van der Waals surface area contributed by atoms with Gasteiger partial charge in [-0.25, -0.2) is 4.98 Å². The quantitative estimate of drug-likeness (QED) is 0.358. The summed E-state index contributed by atoms with van der Waals surface area (Å²) in [6, 6.07) is 1.43. The predicted octanol–water partition coefficient (Wildman–Crippen LogP) is 1.31. The number of carbonyl (C=O) groups is 1. The van der Waals surface area contributed by atoms with E-state index in [1.807, 2.05) is 17.9 Å². The number of aliphatic hydroxyl groups is 1. The smallest absolute Gasteiger partial charge is 0.322 e. The predicted molar refractivity (Wildman–Crippen MR) is 135 cm³/mol. The summed E-state index contributed by atoms with van der Waals surface area (Å²) >= 11 is 0. The van der Waals surface area contributed by atoms with Gasteiger partial charge in [0.15, 0.2) is 5.65 Å². The molecule has 3 aromatic heterocycles. The first kappa shape index (κ1) is 26.5. The third-order valence-corrected chi connectivity index (χ3v) is 6.39. The number of pyridine rings is 1. The van der Waals surface area contributed by atoms with E-state index in [-0.39, 0.29) is 36.4 Å². The average Bonchev–Trinajstić information content (AvgIpc) is 3.32. The van der Waals surface area contributed by atoms with Gasteiger partial charge in [-0.1, -0.05) is 6.92 Å². The second-order valence-electron chi connectivity index (χ2n) is 9.35. The van der Waals surface area contributed by atoms with Gasteiger partial charge >= 0.3 is 6.01 Å². The first-order valence-corrected chi connectivity index (χ1v) is 12.3. The van der Waals surface area contributed by atoms with Crippen LogP contribution >= 0.6 is 0 Å². The Morgan fingerprint density at radius 2 is 2.11 bits per heavy atom. The molecule has 0 unspecified atom stereocenters. The van der Waals surface area contributed by atoms with Crippen molar-refractivity contribution in [2.75, 3.05) is 45.4 Å². The van der Waals surface area contributed by atoms with Crippen LogP contribution in [0.2, 0.25) is 0 Å². The summed E-state index contributed by atoms with van der Waals surface area (Å²) < 4.78 is 16.5. The number of fused-ring (bicyclic) bond motifs is 1. The molecule has 3 N–H and O–H groups in total. The molecule has 200 valence electrons. The Morgan fingerprint density at radius 3 is 2.81 bits per heavy atom. The van der Waals surface area contributed by atoms with Crippen molar-refractivity contribution in [2.24, 2.45) is 5.92 Å². The van der Waals surface area contributed by atoms with Gasteiger partial charge in [-0.05, 0) is 32.3 Å². The molecule has 37 heavy (non-hydrogen) atoms. The zero-order chi connectivity index (χ0) is 26.5. The van der Waals surface area contributed by atoms with Gasteiger partial charge in [0.05, 0.1) is 31.4 Å². The number of aromatic nitrogens is 6. The maximum absolute atomic E-state index is 12.8. The van der Waals surface area contributed by atoms with E-state index in [4.69, 9.17) is 14.2 Å². The van der Waals surface area contributed by atoms with Crippen molar-refractivity contribution in [2.45, 2.75) is 45.3 Å². The summed E-state index contributed by atoms with van der Waals surface area (Å²) in [6.07, 6.45) is 2.15. The highest BCUT2D eigenvalue weighted by Crippen LogP contribution is 2.38. The molecule has 0 aromatic carbocycles. The van der Waals surface area contributed by atoms with Gasteiger partial charge in [-0.15, -0.1) is 0 Å². The van der Waals surface area contributed by atoms with E-state index in [0.29, 0.717) is 31.3 Å². The lowest BCUT2D eigenvalue weighted by Gasteiger charge is -2.36. The minimum Gasteiger partial charge on any atom is -0.496 e. The number of anilines is 1. The molecule has 0 aliphatic carbocycles. The van der Waals surface area contributed by atoms with Gasteiger partial charge in [-0.3, -0.25) is 9.89 Å². The molecule has 1 aliphatic heterocycles. The summed E-state index contributed by atoms with van der Waals surface area (Å²) in [6.45, 7) is 7.08. The van der Waals surface area contributed by atoms with Crippen molar-refractivity contribution >= 4 is 22.9 Å². The van der Waals surface area contributed by atoms with Crippen molar-refractivity contribution in [3.05, 3.63) is 23.8 Å². The summed E-state index contributed by atoms with van der Waals surface area (Å²) in [5.41, 5.74) is 1.62. The number of ether oxygens (including phenoxy) is 3. The van der Waals surface area contributed by atoms with Gasteiger partial charge in [0.25, 0.3) is 5.91 Å². The molecule has 0 saturated carbocycles. The van der Waals surface area contributed by atoms with Crippen LogP contribution < -0.4 is 19.7 Å². The van der Waals surface area contributed by atoms with E-state index >= 15 is 0 Å². The van der Waals surface area contributed by atoms with Crippen LogP contribution in [-0.4, -0.2) is 93.8 Å². The molecule has 13 nitrogen and oxygen atoms in total. The molecular weight excluding hydrogens is 480 g/mol. The highest BCUT2D eigenvalue weighted by Gasteiger charge is 2.33. The van der Waals surface area contributed by atoms with Crippen LogP contribution in [0.5, 0.6) is 11.8 Å². The number of hydrogen-bond acceptors (Lipinski definition) is 11. The van der Waals surface area contributed by atoms with Crippen molar-refractivity contribution in [1.29, 1.82) is 0 Å². The number of aromatic amines is 1. The normalized spacial score (nSPS) is 19.5. The third-order valence-electron chi connectivity index (χ3n) is 6.39. The molecule has 4 heterocycles. The van der Waals surface area contributed by atoms with Crippen molar-refractivity contribution in [3.63, 3.8) is 0 Å². The number of piperidine rings is 1. The van der Waals surface area contributed by atoms with E-state index in [0.717, 1.165) is 23.3 Å². The van der Waals surface area contributed by atoms with Gasteiger partial charge < -0.3 is 29.5 Å². The third kappa shape index (κ3) is 5.88. The molecule has 13 heteroatoms. The highest BCUT2D eigenvalue weighted by atomic mass is 16.5. The number of amides is 1. The lowest BCUT2D eigenvalue weighted by molar-refractivity contribution is 0.0833. The maximum Gasteiger partial charge on any atom is 0.322 e. The highest BCUT2D eigenvalue weighted by molar-refractivity contribution is 5.91. The number of nitrogens with zero attached hydrogens (tertiary/aromatic N) is 6. The van der Waals surface area contributed by atoms with Crippen molar-refractivity contribution in [1.82, 2.24) is 35.5 Å². The van der Waals surface area contributed by atoms with E-state index < -0.39 is 11.9 Å². The first-order valence-electron chi connectivity index (χ1n) is 12.3. The fraction of sp³-hybridized carbons (Fsp3) is 0.583. The van der Waals surface area contributed by atoms with E-state index in [9.17, 15) is 9.90 Å². The zero-order valence-electron chi connectivity index (χ0n) is 21.8. The Hall–Kier alpha value is -3.58. The van der Waals surface area contributed by atoms with E-state index in [2.05, 4.69) is 42.4 Å². The minimum absolute atomic E-state index is 0.0431. The average molecular weight is 515 g/mol.